The summed E-state index contributed by atoms with van der Waals surface area (Å²) < 4.78 is 0. The Kier molecular flexibility index (Phi) is 3.75. The van der Waals surface area contributed by atoms with E-state index in [-0.39, 0.29) is 22.7 Å². The molecule has 10 heteroatoms. The molecule has 0 saturated heterocycles. The zero-order valence-electron chi connectivity index (χ0n) is 11.9. The van der Waals surface area contributed by atoms with Gasteiger partial charge in [-0.1, -0.05) is 6.07 Å². The van der Waals surface area contributed by atoms with E-state index < -0.39 is 0 Å². The van der Waals surface area contributed by atoms with E-state index in [9.17, 15) is 0 Å². The third kappa shape index (κ3) is 3.17. The van der Waals surface area contributed by atoms with E-state index >= 15 is 0 Å². The van der Waals surface area contributed by atoms with Gasteiger partial charge in [-0.3, -0.25) is 10.4 Å². The number of nitrogens with zero attached hydrogens (tertiary/aromatic N) is 5. The van der Waals surface area contributed by atoms with Gasteiger partial charge in [-0.05, 0) is 18.2 Å². The molecule has 0 unspecified atom stereocenters. The van der Waals surface area contributed by atoms with Crippen LogP contribution >= 0.6 is 0 Å². The van der Waals surface area contributed by atoms with Gasteiger partial charge in [0.15, 0.2) is 17.0 Å². The Bertz CT molecular complexity index is 854. The molecule has 3 rings (SSSR count). The smallest absolute Gasteiger partial charge is 0.224 e. The molecule has 0 amide bonds. The number of rotatable bonds is 4. The highest BCUT2D eigenvalue weighted by molar-refractivity contribution is 5.81. The molecular formula is C13H14N8O2. The van der Waals surface area contributed by atoms with Crippen LogP contribution in [0, 0.1) is 0 Å². The van der Waals surface area contributed by atoms with Crippen LogP contribution in [0.25, 0.3) is 11.2 Å². The Labute approximate surface area is 130 Å². The summed E-state index contributed by atoms with van der Waals surface area (Å²) in [5, 5.41) is 21.2. The lowest BCUT2D eigenvalue weighted by atomic mass is 10.2. The van der Waals surface area contributed by atoms with Crippen LogP contribution < -0.4 is 22.0 Å². The second kappa shape index (κ2) is 5.87. The molecule has 0 aliphatic heterocycles. The maximum atomic E-state index is 9.01. The van der Waals surface area contributed by atoms with Crippen LogP contribution in [-0.4, -0.2) is 30.4 Å². The summed E-state index contributed by atoms with van der Waals surface area (Å²) in [6.45, 7) is 0.354. The molecule has 0 fully saturated rings. The molecule has 0 atom stereocenters. The van der Waals surface area contributed by atoms with Crippen LogP contribution in [0.2, 0.25) is 0 Å². The predicted octanol–water partition coefficient (Wildman–Crippen LogP) is 0.781. The molecule has 0 spiro atoms. The second-order valence-corrected chi connectivity index (χ2v) is 4.69. The Morgan fingerprint density at radius 1 is 1.13 bits per heavy atom. The highest BCUT2D eigenvalue weighted by atomic mass is 16.8. The molecule has 2 aromatic heterocycles. The number of hydrogen-bond acceptors (Lipinski definition) is 10. The summed E-state index contributed by atoms with van der Waals surface area (Å²) in [4.78, 5) is 16.3. The zero-order chi connectivity index (χ0) is 16.4. The molecule has 0 bridgehead atoms. The van der Waals surface area contributed by atoms with E-state index in [1.165, 1.54) is 0 Å². The largest absolute Gasteiger partial charge is 0.382 e. The van der Waals surface area contributed by atoms with E-state index in [2.05, 4.69) is 25.3 Å². The molecule has 2 heterocycles. The Balaban J connectivity index is 1.81. The van der Waals surface area contributed by atoms with Crippen molar-refractivity contribution in [3.8, 4) is 0 Å². The number of nitrogen functional groups attached to an aromatic ring is 2. The number of hydrogen-bond donors (Lipinski definition) is 5. The monoisotopic (exact) mass is 314 g/mol. The molecule has 118 valence electrons. The van der Waals surface area contributed by atoms with E-state index in [0.29, 0.717) is 29.1 Å². The maximum Gasteiger partial charge on any atom is 0.224 e. The average molecular weight is 314 g/mol. The van der Waals surface area contributed by atoms with Crippen molar-refractivity contribution in [3.63, 3.8) is 0 Å². The molecular weight excluding hydrogens is 300 g/mol. The van der Waals surface area contributed by atoms with E-state index in [1.54, 1.807) is 30.5 Å². The summed E-state index contributed by atoms with van der Waals surface area (Å²) in [6.07, 6.45) is 1.55. The number of anilines is 4. The van der Waals surface area contributed by atoms with Gasteiger partial charge in [0.25, 0.3) is 0 Å². The zero-order valence-corrected chi connectivity index (χ0v) is 11.9. The fraction of sp³-hybridized carbons (Fsp3) is 0.0769. The standard InChI is InChI=1S/C13H14N8O2/c14-11-10-12(20-13(15)19-11)17-6-8(18-10)5-16-7-2-1-3-9(4-7)21(22)23/h1-4,6,16,22-23H,5H2,(H4,14,15,17,19,20). The molecule has 10 nitrogen and oxygen atoms in total. The van der Waals surface area contributed by atoms with Gasteiger partial charge in [-0.15, -0.1) is 5.23 Å². The lowest BCUT2D eigenvalue weighted by Crippen LogP contribution is -2.11. The normalized spacial score (nSPS) is 10.7. The van der Waals surface area contributed by atoms with Crippen molar-refractivity contribution in [2.45, 2.75) is 6.54 Å². The van der Waals surface area contributed by atoms with Crippen molar-refractivity contribution in [1.82, 2.24) is 19.9 Å². The van der Waals surface area contributed by atoms with E-state index in [1.807, 2.05) is 0 Å². The van der Waals surface area contributed by atoms with Gasteiger partial charge in [0.05, 0.1) is 24.1 Å². The van der Waals surface area contributed by atoms with E-state index in [4.69, 9.17) is 21.9 Å². The van der Waals surface area contributed by atoms with Gasteiger partial charge in [-0.25, -0.2) is 9.97 Å². The highest BCUT2D eigenvalue weighted by Crippen LogP contribution is 2.18. The fourth-order valence-electron chi connectivity index (χ4n) is 2.00. The molecule has 0 radical (unpaired) electrons. The fourth-order valence-corrected chi connectivity index (χ4v) is 2.00. The first-order valence-corrected chi connectivity index (χ1v) is 6.59. The summed E-state index contributed by atoms with van der Waals surface area (Å²) in [7, 11) is 0. The first kappa shape index (κ1) is 14.7. The van der Waals surface area contributed by atoms with Crippen LogP contribution in [0.15, 0.2) is 30.5 Å². The number of nitrogens with one attached hydrogen (secondary N) is 1. The summed E-state index contributed by atoms with van der Waals surface area (Å²) >= 11 is 0. The topological polar surface area (TPSA) is 159 Å². The quantitative estimate of drug-likeness (QED) is 0.435. The Morgan fingerprint density at radius 3 is 2.74 bits per heavy atom. The van der Waals surface area contributed by atoms with Gasteiger partial charge in [0, 0.05) is 5.69 Å². The number of aromatic nitrogens is 4. The van der Waals surface area contributed by atoms with Gasteiger partial charge >= 0.3 is 0 Å². The first-order valence-electron chi connectivity index (χ1n) is 6.59. The van der Waals surface area contributed by atoms with Crippen molar-refractivity contribution in [2.75, 3.05) is 22.0 Å². The minimum absolute atomic E-state index is 0.0451. The molecule has 0 aliphatic rings. The number of nitrogens with two attached hydrogens (primary N) is 2. The van der Waals surface area contributed by atoms with Gasteiger partial charge in [0.2, 0.25) is 5.95 Å². The summed E-state index contributed by atoms with van der Waals surface area (Å²) in [5.74, 6) is 0.213. The van der Waals surface area contributed by atoms with Crippen molar-refractivity contribution in [2.24, 2.45) is 0 Å². The lowest BCUT2D eigenvalue weighted by molar-refractivity contribution is 0.0292. The summed E-state index contributed by atoms with van der Waals surface area (Å²) in [5.41, 5.74) is 13.5. The SMILES string of the molecule is Nc1nc(N)c2nc(CNc3cccc(N(O)O)c3)cnc2n1. The van der Waals surface area contributed by atoms with Crippen LogP contribution in [0.5, 0.6) is 0 Å². The molecule has 7 N–H and O–H groups in total. The Morgan fingerprint density at radius 2 is 1.96 bits per heavy atom. The minimum atomic E-state index is 0.0451. The van der Waals surface area contributed by atoms with Crippen LogP contribution in [0.3, 0.4) is 0 Å². The third-order valence-electron chi connectivity index (χ3n) is 3.05. The molecule has 0 aliphatic carbocycles. The predicted molar refractivity (Wildman–Crippen MR) is 83.8 cm³/mol. The molecule has 23 heavy (non-hydrogen) atoms. The second-order valence-electron chi connectivity index (χ2n) is 4.69. The van der Waals surface area contributed by atoms with E-state index in [0.717, 1.165) is 0 Å². The summed E-state index contributed by atoms with van der Waals surface area (Å²) in [6, 6.07) is 6.56. The lowest BCUT2D eigenvalue weighted by Gasteiger charge is -2.11. The Hall–Kier alpha value is -3.24. The van der Waals surface area contributed by atoms with Crippen LogP contribution in [0.4, 0.5) is 23.1 Å². The van der Waals surface area contributed by atoms with Gasteiger partial charge < -0.3 is 16.8 Å². The van der Waals surface area contributed by atoms with Gasteiger partial charge in [0.1, 0.15) is 0 Å². The molecule has 3 aromatic rings. The maximum absolute atomic E-state index is 9.01. The third-order valence-corrected chi connectivity index (χ3v) is 3.05. The molecule has 1 aromatic carbocycles. The van der Waals surface area contributed by atoms with Crippen molar-refractivity contribution < 1.29 is 10.4 Å². The van der Waals surface area contributed by atoms with Crippen molar-refractivity contribution in [3.05, 3.63) is 36.2 Å². The van der Waals surface area contributed by atoms with Crippen molar-refractivity contribution in [1.29, 1.82) is 0 Å². The molecule has 0 saturated carbocycles. The van der Waals surface area contributed by atoms with Crippen LogP contribution in [0.1, 0.15) is 5.69 Å². The number of benzene rings is 1. The average Bonchev–Trinajstić information content (AvgIpc) is 2.53. The first-order chi connectivity index (χ1) is 11.0. The van der Waals surface area contributed by atoms with Crippen molar-refractivity contribution >= 4 is 34.3 Å². The van der Waals surface area contributed by atoms with Crippen LogP contribution in [-0.2, 0) is 6.54 Å². The number of fused-ring (bicyclic) bond motifs is 1. The van der Waals surface area contributed by atoms with Gasteiger partial charge in [-0.2, -0.15) is 9.97 Å². The minimum Gasteiger partial charge on any atom is -0.382 e. The highest BCUT2D eigenvalue weighted by Gasteiger charge is 2.08.